The highest BCUT2D eigenvalue weighted by atomic mass is 16.3. The van der Waals surface area contributed by atoms with Crippen LogP contribution in [0.25, 0.3) is 88.5 Å². The van der Waals surface area contributed by atoms with Crippen LogP contribution in [0.4, 0.5) is 17.1 Å². The lowest BCUT2D eigenvalue weighted by atomic mass is 9.82. The molecule has 0 unspecified atom stereocenters. The minimum Gasteiger partial charge on any atom is -0.455 e. The minimum atomic E-state index is -0.124. The summed E-state index contributed by atoms with van der Waals surface area (Å²) in [6, 6.07) is 71.2. The van der Waals surface area contributed by atoms with Gasteiger partial charge in [0.15, 0.2) is 5.82 Å². The molecular weight excluding hydrogens is 743 g/mol. The van der Waals surface area contributed by atoms with Crippen molar-refractivity contribution >= 4 is 60.7 Å². The van der Waals surface area contributed by atoms with Crippen molar-refractivity contribution in [2.45, 2.75) is 19.3 Å². The van der Waals surface area contributed by atoms with Gasteiger partial charge in [-0.3, -0.25) is 0 Å². The summed E-state index contributed by atoms with van der Waals surface area (Å²) in [4.78, 5) is 13.1. The Labute approximate surface area is 354 Å². The van der Waals surface area contributed by atoms with Crippen LogP contribution in [0.15, 0.2) is 205 Å². The molecule has 0 N–H and O–H groups in total. The van der Waals surface area contributed by atoms with E-state index in [0.29, 0.717) is 5.82 Å². The van der Waals surface area contributed by atoms with E-state index in [1.807, 2.05) is 0 Å². The van der Waals surface area contributed by atoms with E-state index < -0.39 is 0 Å². The Morgan fingerprint density at radius 2 is 1.10 bits per heavy atom. The number of rotatable bonds is 6. The predicted octanol–water partition coefficient (Wildman–Crippen LogP) is 15.5. The lowest BCUT2D eigenvalue weighted by molar-refractivity contribution is 0.660. The number of para-hydroxylation sites is 2. The Hall–Kier alpha value is -7.82. The molecule has 4 heteroatoms. The molecule has 9 aromatic carbocycles. The molecule has 0 bridgehead atoms. The average Bonchev–Trinajstić information content (AvgIpc) is 3.78. The predicted molar refractivity (Wildman–Crippen MR) is 253 cm³/mol. The molecule has 4 nitrogen and oxygen atoms in total. The van der Waals surface area contributed by atoms with Crippen molar-refractivity contribution in [3.8, 4) is 44.9 Å². The van der Waals surface area contributed by atoms with E-state index in [1.54, 1.807) is 0 Å². The maximum atomic E-state index is 6.74. The third-order valence-electron chi connectivity index (χ3n) is 12.6. The summed E-state index contributed by atoms with van der Waals surface area (Å²) >= 11 is 0. The number of fused-ring (bicyclic) bond motifs is 8. The van der Waals surface area contributed by atoms with Crippen LogP contribution in [-0.2, 0) is 5.41 Å². The molecule has 1 aliphatic carbocycles. The summed E-state index contributed by atoms with van der Waals surface area (Å²) in [6.07, 6.45) is 0. The molecule has 11 aromatic rings. The van der Waals surface area contributed by atoms with Crippen LogP contribution in [0.3, 0.4) is 0 Å². The maximum Gasteiger partial charge on any atom is 0.160 e. The molecule has 288 valence electrons. The molecule has 0 radical (unpaired) electrons. The number of hydrogen-bond donors (Lipinski definition) is 0. The highest BCUT2D eigenvalue weighted by molar-refractivity contribution is 6.15. The molecule has 2 heterocycles. The number of hydrogen-bond acceptors (Lipinski definition) is 4. The highest BCUT2D eigenvalue weighted by Crippen LogP contribution is 2.51. The quantitative estimate of drug-likeness (QED) is 0.168. The van der Waals surface area contributed by atoms with E-state index in [-0.39, 0.29) is 5.41 Å². The zero-order valence-corrected chi connectivity index (χ0v) is 33.8. The van der Waals surface area contributed by atoms with Crippen molar-refractivity contribution in [3.05, 3.63) is 211 Å². The third-order valence-corrected chi connectivity index (χ3v) is 12.6. The van der Waals surface area contributed by atoms with Crippen LogP contribution in [-0.4, -0.2) is 9.97 Å². The van der Waals surface area contributed by atoms with Crippen molar-refractivity contribution < 1.29 is 4.42 Å². The summed E-state index contributed by atoms with van der Waals surface area (Å²) in [5, 5.41) is 5.46. The van der Waals surface area contributed by atoms with Crippen LogP contribution in [0, 0.1) is 0 Å². The lowest BCUT2D eigenvalue weighted by Crippen LogP contribution is -2.16. The van der Waals surface area contributed by atoms with E-state index >= 15 is 0 Å². The molecule has 12 rings (SSSR count). The first-order valence-corrected chi connectivity index (χ1v) is 20.9. The molecule has 0 saturated carbocycles. The van der Waals surface area contributed by atoms with Crippen molar-refractivity contribution in [2.75, 3.05) is 4.90 Å². The Morgan fingerprint density at radius 3 is 1.95 bits per heavy atom. The highest BCUT2D eigenvalue weighted by Gasteiger charge is 2.35. The largest absolute Gasteiger partial charge is 0.455 e. The molecule has 0 atom stereocenters. The van der Waals surface area contributed by atoms with Crippen molar-refractivity contribution in [1.29, 1.82) is 0 Å². The second kappa shape index (κ2) is 13.6. The first-order valence-electron chi connectivity index (χ1n) is 20.9. The number of anilines is 3. The summed E-state index contributed by atoms with van der Waals surface area (Å²) < 4.78 is 6.74. The van der Waals surface area contributed by atoms with Crippen molar-refractivity contribution in [3.63, 3.8) is 0 Å². The van der Waals surface area contributed by atoms with Crippen LogP contribution in [0.1, 0.15) is 25.0 Å². The molecular formula is C57H39N3O. The molecule has 0 saturated heterocycles. The lowest BCUT2D eigenvalue weighted by Gasteiger charge is -2.28. The van der Waals surface area contributed by atoms with Gasteiger partial charge in [0, 0.05) is 55.3 Å². The SMILES string of the molecule is CC1(C)c2ccccc2-c2ccc(N(c3ccccc3)c3cccc(-c4nc(-c5cc(-c6ccccc6)c6oc7cc8ccccc8cc7c6c5)c5ccccc5n4)c3)cc21. The fraction of sp³-hybridized carbons (Fsp3) is 0.0526. The van der Waals surface area contributed by atoms with Crippen LogP contribution >= 0.6 is 0 Å². The van der Waals surface area contributed by atoms with Gasteiger partial charge in [0.05, 0.1) is 11.2 Å². The summed E-state index contributed by atoms with van der Waals surface area (Å²) in [5.41, 5.74) is 15.9. The summed E-state index contributed by atoms with van der Waals surface area (Å²) in [6.45, 7) is 4.67. The number of aromatic nitrogens is 2. The third kappa shape index (κ3) is 5.67. The van der Waals surface area contributed by atoms with Crippen LogP contribution in [0.5, 0.6) is 0 Å². The van der Waals surface area contributed by atoms with Gasteiger partial charge in [-0.1, -0.05) is 147 Å². The summed E-state index contributed by atoms with van der Waals surface area (Å²) in [5.74, 6) is 0.665. The molecule has 1 aliphatic rings. The van der Waals surface area contributed by atoms with Crippen molar-refractivity contribution in [1.82, 2.24) is 9.97 Å². The van der Waals surface area contributed by atoms with E-state index in [1.165, 1.54) is 27.6 Å². The second-order valence-corrected chi connectivity index (χ2v) is 16.6. The van der Waals surface area contributed by atoms with Gasteiger partial charge in [0.25, 0.3) is 0 Å². The number of benzene rings is 9. The topological polar surface area (TPSA) is 42.2 Å². The van der Waals surface area contributed by atoms with Gasteiger partial charge >= 0.3 is 0 Å². The minimum absolute atomic E-state index is 0.124. The van der Waals surface area contributed by atoms with Gasteiger partial charge in [-0.15, -0.1) is 0 Å². The fourth-order valence-corrected chi connectivity index (χ4v) is 9.60. The maximum absolute atomic E-state index is 6.74. The van der Waals surface area contributed by atoms with Gasteiger partial charge in [-0.2, -0.15) is 0 Å². The van der Waals surface area contributed by atoms with Gasteiger partial charge < -0.3 is 9.32 Å². The van der Waals surface area contributed by atoms with Gasteiger partial charge in [-0.25, -0.2) is 9.97 Å². The molecule has 0 spiro atoms. The monoisotopic (exact) mass is 781 g/mol. The fourth-order valence-electron chi connectivity index (χ4n) is 9.60. The zero-order chi connectivity index (χ0) is 40.7. The molecule has 0 fully saturated rings. The first-order chi connectivity index (χ1) is 30.0. The smallest absolute Gasteiger partial charge is 0.160 e. The standard InChI is InChI=1S/C57H39N3O/c1-57(2)50-26-13-11-24-44(50)45-29-28-43(35-51(45)57)60(41-21-7-4-8-22-41)42-23-15-20-39(30-42)56-58-52-27-14-12-25-46(52)54(59-56)40-32-47(36-16-5-3-6-17-36)55-49(33-40)48-31-37-18-9-10-19-38(37)34-53(48)61-55/h3-35H,1-2H3. The average molecular weight is 782 g/mol. The van der Waals surface area contributed by atoms with Crippen molar-refractivity contribution in [2.24, 2.45) is 0 Å². The van der Waals surface area contributed by atoms with Crippen LogP contribution < -0.4 is 4.90 Å². The second-order valence-electron chi connectivity index (χ2n) is 16.6. The first kappa shape index (κ1) is 35.2. The number of nitrogens with zero attached hydrogens (tertiary/aromatic N) is 3. The molecule has 0 aliphatic heterocycles. The molecule has 0 amide bonds. The van der Waals surface area contributed by atoms with Gasteiger partial charge in [0.2, 0.25) is 0 Å². The van der Waals surface area contributed by atoms with E-state index in [0.717, 1.165) is 83.2 Å². The Balaban J connectivity index is 1.04. The Kier molecular flexibility index (Phi) is 7.85. The van der Waals surface area contributed by atoms with Gasteiger partial charge in [-0.05, 0) is 105 Å². The zero-order valence-electron chi connectivity index (χ0n) is 33.8. The van der Waals surface area contributed by atoms with Gasteiger partial charge in [0.1, 0.15) is 11.2 Å². The Morgan fingerprint density at radius 1 is 0.426 bits per heavy atom. The van der Waals surface area contributed by atoms with E-state index in [9.17, 15) is 0 Å². The van der Waals surface area contributed by atoms with E-state index in [2.05, 4.69) is 219 Å². The number of furan rings is 1. The van der Waals surface area contributed by atoms with Crippen LogP contribution in [0.2, 0.25) is 0 Å². The van der Waals surface area contributed by atoms with E-state index in [4.69, 9.17) is 14.4 Å². The molecule has 61 heavy (non-hydrogen) atoms. The summed E-state index contributed by atoms with van der Waals surface area (Å²) in [7, 11) is 0. The normalized spacial score (nSPS) is 12.9. The molecule has 2 aromatic heterocycles. The Bertz CT molecular complexity index is 3510.